The fourth-order valence-electron chi connectivity index (χ4n) is 9.83. The lowest BCUT2D eigenvalue weighted by Crippen LogP contribution is -2.30. The molecule has 0 bridgehead atoms. The lowest BCUT2D eigenvalue weighted by molar-refractivity contribution is -0.167. The van der Waals surface area contributed by atoms with Gasteiger partial charge in [-0.2, -0.15) is 0 Å². The maximum absolute atomic E-state index is 12.8. The van der Waals surface area contributed by atoms with Crippen molar-refractivity contribution in [2.75, 3.05) is 13.2 Å². The Morgan fingerprint density at radius 1 is 0.276 bits per heavy atom. The van der Waals surface area contributed by atoms with Crippen molar-refractivity contribution in [3.05, 3.63) is 60.8 Å². The summed E-state index contributed by atoms with van der Waals surface area (Å²) in [4.78, 5) is 38.0. The second kappa shape index (κ2) is 64.6. The van der Waals surface area contributed by atoms with E-state index >= 15 is 0 Å². The molecular weight excluding hydrogens is 937 g/mol. The molecule has 0 aliphatic rings. The molecule has 0 rings (SSSR count). The van der Waals surface area contributed by atoms with Crippen LogP contribution in [0.2, 0.25) is 0 Å². The van der Waals surface area contributed by atoms with Crippen molar-refractivity contribution in [3.8, 4) is 0 Å². The van der Waals surface area contributed by atoms with E-state index in [0.717, 1.165) is 89.9 Å². The monoisotopic (exact) mass is 1060 g/mol. The molecule has 442 valence electrons. The van der Waals surface area contributed by atoms with Crippen LogP contribution in [-0.2, 0) is 28.6 Å². The van der Waals surface area contributed by atoms with Crippen LogP contribution in [0.25, 0.3) is 0 Å². The van der Waals surface area contributed by atoms with E-state index in [2.05, 4.69) is 81.5 Å². The molecule has 0 aromatic carbocycles. The molecule has 6 nitrogen and oxygen atoms in total. The van der Waals surface area contributed by atoms with Gasteiger partial charge < -0.3 is 14.2 Å². The zero-order valence-electron chi connectivity index (χ0n) is 50.8. The van der Waals surface area contributed by atoms with Gasteiger partial charge in [0.15, 0.2) is 6.10 Å². The SMILES string of the molecule is CC/C=C\C/C=C\C/C=C\C/C=C\C/C=C\CCCCCCCCCCCCCCCCCCCC(=O)OCC(COC(=O)CCCCCCCC)OC(=O)CCCCCCCCCCCCCCCCCCCCC. The lowest BCUT2D eigenvalue weighted by atomic mass is 10.0. The van der Waals surface area contributed by atoms with Crippen LogP contribution < -0.4 is 0 Å². The highest BCUT2D eigenvalue weighted by Crippen LogP contribution is 2.18. The fraction of sp³-hybridized carbons (Fsp3) is 0.814. The van der Waals surface area contributed by atoms with Crippen LogP contribution >= 0.6 is 0 Å². The van der Waals surface area contributed by atoms with E-state index in [1.165, 1.54) is 218 Å². The Hall–Kier alpha value is -2.89. The number of hydrogen-bond acceptors (Lipinski definition) is 6. The van der Waals surface area contributed by atoms with Crippen LogP contribution in [0.15, 0.2) is 60.8 Å². The van der Waals surface area contributed by atoms with E-state index in [4.69, 9.17) is 14.2 Å². The lowest BCUT2D eigenvalue weighted by Gasteiger charge is -2.18. The Labute approximate surface area is 472 Å². The van der Waals surface area contributed by atoms with E-state index in [1.807, 2.05) is 0 Å². The number of carbonyl (C=O) groups is 3. The van der Waals surface area contributed by atoms with E-state index in [1.54, 1.807) is 0 Å². The molecule has 0 aromatic heterocycles. The molecule has 0 fully saturated rings. The van der Waals surface area contributed by atoms with Crippen LogP contribution in [-0.4, -0.2) is 37.2 Å². The van der Waals surface area contributed by atoms with Gasteiger partial charge in [-0.3, -0.25) is 14.4 Å². The summed E-state index contributed by atoms with van der Waals surface area (Å²) in [5.74, 6) is -0.856. The zero-order valence-corrected chi connectivity index (χ0v) is 50.8. The van der Waals surface area contributed by atoms with Gasteiger partial charge in [-0.15, -0.1) is 0 Å². The summed E-state index contributed by atoms with van der Waals surface area (Å²) in [6, 6.07) is 0. The second-order valence-corrected chi connectivity index (χ2v) is 22.4. The first kappa shape index (κ1) is 73.1. The zero-order chi connectivity index (χ0) is 55.0. The molecule has 1 unspecified atom stereocenters. The quantitative estimate of drug-likeness (QED) is 0.0261. The maximum Gasteiger partial charge on any atom is 0.306 e. The minimum Gasteiger partial charge on any atom is -0.462 e. The van der Waals surface area contributed by atoms with Crippen LogP contribution in [0.1, 0.15) is 348 Å². The van der Waals surface area contributed by atoms with Crippen LogP contribution in [0.4, 0.5) is 0 Å². The van der Waals surface area contributed by atoms with Crippen molar-refractivity contribution >= 4 is 17.9 Å². The van der Waals surface area contributed by atoms with Gasteiger partial charge in [0.2, 0.25) is 0 Å². The molecular formula is C70H126O6. The maximum atomic E-state index is 12.8. The normalized spacial score (nSPS) is 12.4. The van der Waals surface area contributed by atoms with Crippen molar-refractivity contribution in [2.24, 2.45) is 0 Å². The van der Waals surface area contributed by atoms with Crippen molar-refractivity contribution in [3.63, 3.8) is 0 Å². The topological polar surface area (TPSA) is 78.9 Å². The highest BCUT2D eigenvalue weighted by molar-refractivity contribution is 5.71. The summed E-state index contributed by atoms with van der Waals surface area (Å²) < 4.78 is 16.8. The van der Waals surface area contributed by atoms with Gasteiger partial charge in [0.1, 0.15) is 13.2 Å². The number of ether oxygens (including phenoxy) is 3. The van der Waals surface area contributed by atoms with Gasteiger partial charge in [-0.05, 0) is 64.2 Å². The second-order valence-electron chi connectivity index (χ2n) is 22.4. The number of carbonyl (C=O) groups excluding carboxylic acids is 3. The molecule has 0 aromatic rings. The highest BCUT2D eigenvalue weighted by atomic mass is 16.6. The number of hydrogen-bond donors (Lipinski definition) is 0. The minimum atomic E-state index is -0.766. The molecule has 0 saturated carbocycles. The van der Waals surface area contributed by atoms with Gasteiger partial charge in [0, 0.05) is 19.3 Å². The summed E-state index contributed by atoms with van der Waals surface area (Å²) in [5.41, 5.74) is 0. The summed E-state index contributed by atoms with van der Waals surface area (Å²) in [7, 11) is 0. The van der Waals surface area contributed by atoms with Crippen molar-refractivity contribution < 1.29 is 28.6 Å². The third-order valence-corrected chi connectivity index (χ3v) is 14.8. The van der Waals surface area contributed by atoms with E-state index in [0.29, 0.717) is 19.3 Å². The average Bonchev–Trinajstić information content (AvgIpc) is 3.42. The Balaban J connectivity index is 3.97. The minimum absolute atomic E-state index is 0.0679. The summed E-state index contributed by atoms with van der Waals surface area (Å²) in [6.07, 6.45) is 82.8. The highest BCUT2D eigenvalue weighted by Gasteiger charge is 2.19. The van der Waals surface area contributed by atoms with E-state index < -0.39 is 6.10 Å². The number of esters is 3. The largest absolute Gasteiger partial charge is 0.462 e. The van der Waals surface area contributed by atoms with Crippen molar-refractivity contribution in [1.29, 1.82) is 0 Å². The standard InChI is InChI=1S/C70H126O6/c1-4-7-10-13-16-18-20-22-24-26-28-29-30-31-32-33-34-35-36-37-38-39-40-41-43-44-46-48-50-52-54-57-60-63-69(72)75-66-67(65-74-68(71)62-59-56-15-12-9-6-3)76-70(73)64-61-58-55-53-51-49-47-45-42-27-25-23-21-19-17-14-11-8-5-2/h7,10,16,18,22,24,28-29,31-32,67H,4-6,8-9,11-15,17,19-21,23,25-27,30,33-66H2,1-3H3/b10-7-,18-16-,24-22-,29-28-,32-31-. The molecule has 0 aliphatic carbocycles. The predicted octanol–water partition coefficient (Wildman–Crippen LogP) is 22.7. The van der Waals surface area contributed by atoms with Crippen LogP contribution in [0.5, 0.6) is 0 Å². The third-order valence-electron chi connectivity index (χ3n) is 14.8. The third kappa shape index (κ3) is 62.0. The van der Waals surface area contributed by atoms with Crippen molar-refractivity contribution in [1.82, 2.24) is 0 Å². The number of unbranched alkanes of at least 4 members (excludes halogenated alkanes) is 40. The van der Waals surface area contributed by atoms with E-state index in [-0.39, 0.29) is 31.1 Å². The van der Waals surface area contributed by atoms with Crippen LogP contribution in [0.3, 0.4) is 0 Å². The summed E-state index contributed by atoms with van der Waals surface area (Å²) in [6.45, 7) is 6.52. The van der Waals surface area contributed by atoms with E-state index in [9.17, 15) is 14.4 Å². The molecule has 0 heterocycles. The molecule has 1 atom stereocenters. The fourth-order valence-corrected chi connectivity index (χ4v) is 9.83. The summed E-state index contributed by atoms with van der Waals surface area (Å²) in [5, 5.41) is 0. The summed E-state index contributed by atoms with van der Waals surface area (Å²) >= 11 is 0. The number of allylic oxidation sites excluding steroid dienone is 10. The Morgan fingerprint density at radius 2 is 0.513 bits per heavy atom. The molecule has 0 amide bonds. The molecule has 76 heavy (non-hydrogen) atoms. The van der Waals surface area contributed by atoms with Gasteiger partial charge in [0.25, 0.3) is 0 Å². The average molecular weight is 1060 g/mol. The molecule has 0 spiro atoms. The first-order valence-electron chi connectivity index (χ1n) is 33.3. The Kier molecular flexibility index (Phi) is 62.2. The molecule has 0 N–H and O–H groups in total. The molecule has 0 saturated heterocycles. The van der Waals surface area contributed by atoms with Gasteiger partial charge in [0.05, 0.1) is 0 Å². The van der Waals surface area contributed by atoms with Gasteiger partial charge in [-0.25, -0.2) is 0 Å². The Bertz CT molecular complexity index is 1360. The smallest absolute Gasteiger partial charge is 0.306 e. The molecule has 0 radical (unpaired) electrons. The molecule has 6 heteroatoms. The van der Waals surface area contributed by atoms with Gasteiger partial charge in [-0.1, -0.05) is 326 Å². The van der Waals surface area contributed by atoms with Gasteiger partial charge >= 0.3 is 17.9 Å². The first-order valence-corrected chi connectivity index (χ1v) is 33.3. The van der Waals surface area contributed by atoms with Crippen molar-refractivity contribution in [2.45, 2.75) is 354 Å². The predicted molar refractivity (Wildman–Crippen MR) is 330 cm³/mol. The number of rotatable bonds is 61. The Morgan fingerprint density at radius 3 is 0.803 bits per heavy atom. The van der Waals surface area contributed by atoms with Crippen LogP contribution in [0, 0.1) is 0 Å². The molecule has 0 aliphatic heterocycles. The first-order chi connectivity index (χ1) is 37.5.